The van der Waals surface area contributed by atoms with Crippen LogP contribution in [0.5, 0.6) is 0 Å². The van der Waals surface area contributed by atoms with Crippen LogP contribution < -0.4 is 35.6 Å². The molecule has 78 valence electrons. The summed E-state index contributed by atoms with van der Waals surface area (Å²) in [5.41, 5.74) is 14.7. The Balaban J connectivity index is 0.00000128. The van der Waals surface area contributed by atoms with Gasteiger partial charge in [0.1, 0.15) is 0 Å². The van der Waals surface area contributed by atoms with Crippen LogP contribution in [0.4, 0.5) is 22.7 Å². The van der Waals surface area contributed by atoms with Gasteiger partial charge >= 0.3 is 18.9 Å². The van der Waals surface area contributed by atoms with Gasteiger partial charge < -0.3 is 18.2 Å². The van der Waals surface area contributed by atoms with Gasteiger partial charge in [0, 0.05) is 22.7 Å². The minimum Gasteiger partial charge on any atom is -1.00 e. The number of rotatable bonds is 2. The van der Waals surface area contributed by atoms with E-state index in [0.29, 0.717) is 0 Å². The fourth-order valence-electron chi connectivity index (χ4n) is 1.30. The Morgan fingerprint density at radius 2 is 1.00 bits per heavy atom. The minimum atomic E-state index is 0. The number of benzene rings is 2. The summed E-state index contributed by atoms with van der Waals surface area (Å²) in [7, 11) is 0. The van der Waals surface area contributed by atoms with Gasteiger partial charge in [-0.15, -0.1) is 0 Å². The Bertz CT molecular complexity index is 399. The summed E-state index contributed by atoms with van der Waals surface area (Å²) >= 11 is 0. The van der Waals surface area contributed by atoms with E-state index in [1.54, 1.807) is 0 Å². The average molecular weight is 207 g/mol. The molecule has 2 aromatic carbocycles. The number of nitrogen functional groups attached to an aromatic ring is 2. The van der Waals surface area contributed by atoms with E-state index in [1.165, 1.54) is 0 Å². The number of hydrogen-bond acceptors (Lipinski definition) is 3. The predicted molar refractivity (Wildman–Crippen MR) is 66.1 cm³/mol. The Labute approximate surface area is 109 Å². The van der Waals surface area contributed by atoms with Crippen LogP contribution in [0.2, 0.25) is 0 Å². The number of hydrogen-bond donors (Lipinski definition) is 3. The molecule has 0 unspecified atom stereocenters. The summed E-state index contributed by atoms with van der Waals surface area (Å²) in [6.07, 6.45) is 0. The molecule has 16 heavy (non-hydrogen) atoms. The molecule has 0 aliphatic rings. The van der Waals surface area contributed by atoms with Crippen LogP contribution in [0.3, 0.4) is 0 Å². The average Bonchev–Trinajstić information content (AvgIpc) is 2.25. The monoisotopic (exact) mass is 207 g/mol. The van der Waals surface area contributed by atoms with Crippen molar-refractivity contribution in [3.05, 3.63) is 48.5 Å². The van der Waals surface area contributed by atoms with Crippen molar-refractivity contribution in [1.29, 1.82) is 0 Å². The summed E-state index contributed by atoms with van der Waals surface area (Å²) in [6, 6.07) is 15.2. The smallest absolute Gasteiger partial charge is 1.00 e. The molecule has 3 nitrogen and oxygen atoms in total. The zero-order chi connectivity index (χ0) is 10.7. The van der Waals surface area contributed by atoms with Gasteiger partial charge in [-0.2, -0.15) is 0 Å². The molecule has 2 rings (SSSR count). The van der Waals surface area contributed by atoms with Gasteiger partial charge in [-0.05, 0) is 48.5 Å². The summed E-state index contributed by atoms with van der Waals surface area (Å²) in [6.45, 7) is 0. The third kappa shape index (κ3) is 3.23. The van der Waals surface area contributed by atoms with Crippen LogP contribution in [-0.2, 0) is 0 Å². The molecule has 0 amide bonds. The summed E-state index contributed by atoms with van der Waals surface area (Å²) in [5, 5.41) is 3.25. The fraction of sp³-hybridized carbons (Fsp3) is 0. The molecular formula is C12H14LiN3. The zero-order valence-electron chi connectivity index (χ0n) is 10.3. The Morgan fingerprint density at radius 3 is 1.31 bits per heavy atom. The molecule has 0 saturated carbocycles. The van der Waals surface area contributed by atoms with Crippen LogP contribution in [0, 0.1) is 0 Å². The topological polar surface area (TPSA) is 64.1 Å². The molecule has 0 aliphatic heterocycles. The number of nitrogens with two attached hydrogens (primary N) is 2. The van der Waals surface area contributed by atoms with Crippen molar-refractivity contribution in [1.82, 2.24) is 0 Å². The van der Waals surface area contributed by atoms with Crippen molar-refractivity contribution in [3.8, 4) is 0 Å². The fourth-order valence-corrected chi connectivity index (χ4v) is 1.30. The van der Waals surface area contributed by atoms with Gasteiger partial charge in [0.05, 0.1) is 0 Å². The first-order chi connectivity index (χ1) is 7.24. The largest absolute Gasteiger partial charge is 1.00 e. The first-order valence-electron chi connectivity index (χ1n) is 4.72. The van der Waals surface area contributed by atoms with Crippen molar-refractivity contribution in [2.45, 2.75) is 0 Å². The van der Waals surface area contributed by atoms with E-state index in [4.69, 9.17) is 11.5 Å². The molecule has 0 atom stereocenters. The quantitative estimate of drug-likeness (QED) is 0.468. The molecule has 5 N–H and O–H groups in total. The summed E-state index contributed by atoms with van der Waals surface area (Å²) < 4.78 is 0. The molecule has 0 bridgehead atoms. The van der Waals surface area contributed by atoms with E-state index >= 15 is 0 Å². The van der Waals surface area contributed by atoms with Gasteiger partial charge in [-0.3, -0.25) is 0 Å². The standard InChI is InChI=1S/C12H13N3.Li.H/c13-9-1-5-11(6-2-9)15-12-7-3-10(14)4-8-12;;/h1-8,15H,13-14H2;;/q;+1;-1. The van der Waals surface area contributed by atoms with Crippen molar-refractivity contribution in [2.75, 3.05) is 16.8 Å². The minimum absolute atomic E-state index is 0. The van der Waals surface area contributed by atoms with Crippen molar-refractivity contribution >= 4 is 22.7 Å². The third-order valence-corrected chi connectivity index (χ3v) is 2.11. The van der Waals surface area contributed by atoms with Crippen LogP contribution in [0.25, 0.3) is 0 Å². The molecular weight excluding hydrogens is 193 g/mol. The van der Waals surface area contributed by atoms with Crippen LogP contribution in [-0.4, -0.2) is 0 Å². The van der Waals surface area contributed by atoms with Crippen molar-refractivity contribution < 1.29 is 20.3 Å². The van der Waals surface area contributed by atoms with Crippen LogP contribution in [0.15, 0.2) is 48.5 Å². The molecule has 0 radical (unpaired) electrons. The Morgan fingerprint density at radius 1 is 0.688 bits per heavy atom. The second-order valence-corrected chi connectivity index (χ2v) is 3.37. The molecule has 0 heterocycles. The number of anilines is 4. The van der Waals surface area contributed by atoms with E-state index in [9.17, 15) is 0 Å². The van der Waals surface area contributed by atoms with Gasteiger partial charge in [0.2, 0.25) is 0 Å². The first kappa shape index (κ1) is 12.5. The molecule has 0 fully saturated rings. The predicted octanol–water partition coefficient (Wildman–Crippen LogP) is -0.289. The molecule has 0 saturated heterocycles. The molecule has 2 aromatic rings. The van der Waals surface area contributed by atoms with Gasteiger partial charge in [0.25, 0.3) is 0 Å². The van der Waals surface area contributed by atoms with Crippen molar-refractivity contribution in [2.24, 2.45) is 0 Å². The first-order valence-corrected chi connectivity index (χ1v) is 4.72. The van der Waals surface area contributed by atoms with Crippen LogP contribution in [0.1, 0.15) is 1.43 Å². The summed E-state index contributed by atoms with van der Waals surface area (Å²) in [5.74, 6) is 0. The maximum Gasteiger partial charge on any atom is 1.00 e. The van der Waals surface area contributed by atoms with Crippen LogP contribution >= 0.6 is 0 Å². The van der Waals surface area contributed by atoms with E-state index in [0.717, 1.165) is 22.7 Å². The van der Waals surface area contributed by atoms with Gasteiger partial charge in [0.15, 0.2) is 0 Å². The molecule has 0 aromatic heterocycles. The SMILES string of the molecule is Nc1ccc(Nc2ccc(N)cc2)cc1.[H-].[Li+]. The van der Waals surface area contributed by atoms with E-state index in [-0.39, 0.29) is 20.3 Å². The van der Waals surface area contributed by atoms with E-state index in [1.807, 2.05) is 48.5 Å². The Kier molecular flexibility index (Phi) is 4.30. The zero-order valence-corrected chi connectivity index (χ0v) is 9.27. The second-order valence-electron chi connectivity index (χ2n) is 3.37. The second kappa shape index (κ2) is 5.50. The van der Waals surface area contributed by atoms with Crippen molar-refractivity contribution in [3.63, 3.8) is 0 Å². The normalized spacial score (nSPS) is 9.25. The number of nitrogens with one attached hydrogen (secondary N) is 1. The third-order valence-electron chi connectivity index (χ3n) is 2.11. The van der Waals surface area contributed by atoms with E-state index < -0.39 is 0 Å². The van der Waals surface area contributed by atoms with Gasteiger partial charge in [-0.1, -0.05) is 0 Å². The molecule has 0 aliphatic carbocycles. The molecule has 4 heteroatoms. The maximum absolute atomic E-state index is 5.60. The maximum atomic E-state index is 5.60. The Hall–Kier alpha value is -1.56. The summed E-state index contributed by atoms with van der Waals surface area (Å²) in [4.78, 5) is 0. The van der Waals surface area contributed by atoms with Gasteiger partial charge in [-0.25, -0.2) is 0 Å². The van der Waals surface area contributed by atoms with E-state index in [2.05, 4.69) is 5.32 Å². The molecule has 0 spiro atoms.